The molecule has 110 valence electrons. The Morgan fingerprint density at radius 1 is 1.21 bits per heavy atom. The Kier molecular flexibility index (Phi) is 6.32. The van der Waals surface area contributed by atoms with Crippen LogP contribution in [0.15, 0.2) is 0 Å². The number of hydrogen-bond donors (Lipinski definition) is 2. The van der Waals surface area contributed by atoms with E-state index in [4.69, 9.17) is 5.11 Å². The molecule has 4 heteroatoms. The minimum Gasteiger partial charge on any atom is -0.480 e. The van der Waals surface area contributed by atoms with Crippen LogP contribution in [-0.4, -0.2) is 23.0 Å². The van der Waals surface area contributed by atoms with Crippen molar-refractivity contribution in [2.24, 2.45) is 17.8 Å². The van der Waals surface area contributed by atoms with Crippen molar-refractivity contribution in [3.63, 3.8) is 0 Å². The van der Waals surface area contributed by atoms with Gasteiger partial charge in [0.05, 0.1) is 0 Å². The summed E-state index contributed by atoms with van der Waals surface area (Å²) in [5, 5.41) is 11.8. The summed E-state index contributed by atoms with van der Waals surface area (Å²) >= 11 is 0. The topological polar surface area (TPSA) is 66.4 Å². The van der Waals surface area contributed by atoms with Gasteiger partial charge in [-0.25, -0.2) is 4.79 Å². The van der Waals surface area contributed by atoms with Gasteiger partial charge < -0.3 is 10.4 Å². The molecule has 2 atom stereocenters. The maximum absolute atomic E-state index is 12.1. The second-order valence-electron chi connectivity index (χ2n) is 6.32. The average molecular weight is 269 g/mol. The van der Waals surface area contributed by atoms with Crippen molar-refractivity contribution < 1.29 is 14.7 Å². The lowest BCUT2D eigenvalue weighted by atomic mass is 9.93. The van der Waals surface area contributed by atoms with Crippen molar-refractivity contribution in [1.29, 1.82) is 0 Å². The Balaban J connectivity index is 2.43. The number of carbonyl (C=O) groups is 2. The molecule has 0 saturated heterocycles. The van der Waals surface area contributed by atoms with Gasteiger partial charge in [0.15, 0.2) is 0 Å². The average Bonchev–Trinajstić information content (AvgIpc) is 2.79. The van der Waals surface area contributed by atoms with Crippen LogP contribution >= 0.6 is 0 Å². The van der Waals surface area contributed by atoms with Crippen LogP contribution < -0.4 is 5.32 Å². The van der Waals surface area contributed by atoms with Crippen LogP contribution in [-0.2, 0) is 9.59 Å². The van der Waals surface area contributed by atoms with E-state index >= 15 is 0 Å². The molecule has 0 aromatic rings. The molecule has 0 bridgehead atoms. The summed E-state index contributed by atoms with van der Waals surface area (Å²) < 4.78 is 0. The van der Waals surface area contributed by atoms with Gasteiger partial charge in [-0.3, -0.25) is 4.79 Å². The summed E-state index contributed by atoms with van der Waals surface area (Å²) in [5.74, 6) is -0.229. The molecule has 2 N–H and O–H groups in total. The second-order valence-corrected chi connectivity index (χ2v) is 6.32. The molecule has 0 radical (unpaired) electrons. The van der Waals surface area contributed by atoms with Gasteiger partial charge in [0.2, 0.25) is 5.91 Å². The third kappa shape index (κ3) is 5.62. The van der Waals surface area contributed by atoms with Crippen molar-refractivity contribution in [1.82, 2.24) is 5.32 Å². The number of carboxylic acid groups (broad SMARTS) is 1. The van der Waals surface area contributed by atoms with E-state index in [1.165, 1.54) is 25.7 Å². The fourth-order valence-corrected chi connectivity index (χ4v) is 2.86. The molecule has 1 unspecified atom stereocenters. The van der Waals surface area contributed by atoms with Crippen LogP contribution in [0.1, 0.15) is 59.3 Å². The maximum atomic E-state index is 12.1. The number of carboxylic acids is 1. The standard InChI is InChI=1S/C15H27NO3/c1-10(2)8-13(15(18)19)16-14(17)11(3)9-12-6-4-5-7-12/h10-13H,4-9H2,1-3H3,(H,16,17)(H,18,19)/t11?,13-/m0/s1. The first-order chi connectivity index (χ1) is 8.90. The van der Waals surface area contributed by atoms with E-state index in [2.05, 4.69) is 5.32 Å². The number of rotatable bonds is 7. The maximum Gasteiger partial charge on any atom is 0.326 e. The first-order valence-corrected chi connectivity index (χ1v) is 7.43. The number of carbonyl (C=O) groups excluding carboxylic acids is 1. The van der Waals surface area contributed by atoms with Crippen LogP contribution in [0.5, 0.6) is 0 Å². The molecule has 0 aromatic heterocycles. The molecule has 0 aliphatic heterocycles. The molecule has 0 heterocycles. The van der Waals surface area contributed by atoms with Gasteiger partial charge in [0.1, 0.15) is 6.04 Å². The third-order valence-electron chi connectivity index (χ3n) is 3.93. The van der Waals surface area contributed by atoms with Crippen molar-refractivity contribution in [3.05, 3.63) is 0 Å². The Bertz CT molecular complexity index is 309. The minimum absolute atomic E-state index is 0.0860. The quantitative estimate of drug-likeness (QED) is 0.747. The lowest BCUT2D eigenvalue weighted by molar-refractivity contribution is -0.143. The van der Waals surface area contributed by atoms with Crippen molar-refractivity contribution in [2.45, 2.75) is 65.3 Å². The summed E-state index contributed by atoms with van der Waals surface area (Å²) in [6.45, 7) is 5.83. The molecule has 1 fully saturated rings. The van der Waals surface area contributed by atoms with Gasteiger partial charge in [-0.2, -0.15) is 0 Å². The lowest BCUT2D eigenvalue weighted by Gasteiger charge is -2.20. The zero-order valence-corrected chi connectivity index (χ0v) is 12.3. The highest BCUT2D eigenvalue weighted by molar-refractivity contribution is 5.84. The van der Waals surface area contributed by atoms with Gasteiger partial charge >= 0.3 is 5.97 Å². The van der Waals surface area contributed by atoms with E-state index in [0.717, 1.165) is 6.42 Å². The third-order valence-corrected chi connectivity index (χ3v) is 3.93. The normalized spacial score (nSPS) is 19.4. The molecule has 0 aromatic carbocycles. The molecule has 1 amide bonds. The second kappa shape index (κ2) is 7.51. The SMILES string of the molecule is CC(C)C[C@H](NC(=O)C(C)CC1CCCC1)C(=O)O. The Hall–Kier alpha value is -1.06. The van der Waals surface area contributed by atoms with Crippen LogP contribution in [0.2, 0.25) is 0 Å². The van der Waals surface area contributed by atoms with Crippen molar-refractivity contribution >= 4 is 11.9 Å². The number of aliphatic carboxylic acids is 1. The smallest absolute Gasteiger partial charge is 0.326 e. The van der Waals surface area contributed by atoms with E-state index in [1.807, 2.05) is 20.8 Å². The van der Waals surface area contributed by atoms with Crippen LogP contribution in [0, 0.1) is 17.8 Å². The number of amides is 1. The van der Waals surface area contributed by atoms with Gasteiger partial charge in [-0.1, -0.05) is 46.5 Å². The summed E-state index contributed by atoms with van der Waals surface area (Å²) in [6.07, 6.45) is 6.34. The Labute approximate surface area is 116 Å². The fourth-order valence-electron chi connectivity index (χ4n) is 2.86. The summed E-state index contributed by atoms with van der Waals surface area (Å²) in [6, 6.07) is -0.751. The minimum atomic E-state index is -0.935. The molecule has 1 aliphatic rings. The van der Waals surface area contributed by atoms with E-state index in [9.17, 15) is 9.59 Å². The zero-order valence-electron chi connectivity index (χ0n) is 12.3. The Morgan fingerprint density at radius 3 is 2.26 bits per heavy atom. The number of nitrogens with one attached hydrogen (secondary N) is 1. The lowest BCUT2D eigenvalue weighted by Crippen LogP contribution is -2.44. The molecule has 19 heavy (non-hydrogen) atoms. The van der Waals surface area contributed by atoms with Crippen LogP contribution in [0.4, 0.5) is 0 Å². The van der Waals surface area contributed by atoms with Crippen molar-refractivity contribution in [2.75, 3.05) is 0 Å². The highest BCUT2D eigenvalue weighted by Gasteiger charge is 2.26. The van der Waals surface area contributed by atoms with Gasteiger partial charge in [0, 0.05) is 5.92 Å². The molecule has 4 nitrogen and oxygen atoms in total. The van der Waals surface area contributed by atoms with E-state index in [1.54, 1.807) is 0 Å². The van der Waals surface area contributed by atoms with E-state index in [-0.39, 0.29) is 17.7 Å². The molecule has 1 saturated carbocycles. The van der Waals surface area contributed by atoms with Crippen LogP contribution in [0.25, 0.3) is 0 Å². The van der Waals surface area contributed by atoms with Gasteiger partial charge in [-0.05, 0) is 24.7 Å². The molecule has 1 aliphatic carbocycles. The molecule has 0 spiro atoms. The monoisotopic (exact) mass is 269 g/mol. The van der Waals surface area contributed by atoms with E-state index in [0.29, 0.717) is 12.3 Å². The number of hydrogen-bond acceptors (Lipinski definition) is 2. The van der Waals surface area contributed by atoms with Gasteiger partial charge in [0.25, 0.3) is 0 Å². The highest BCUT2D eigenvalue weighted by atomic mass is 16.4. The fraction of sp³-hybridized carbons (Fsp3) is 0.867. The molecule has 1 rings (SSSR count). The highest BCUT2D eigenvalue weighted by Crippen LogP contribution is 2.30. The summed E-state index contributed by atoms with van der Waals surface area (Å²) in [4.78, 5) is 23.2. The van der Waals surface area contributed by atoms with E-state index < -0.39 is 12.0 Å². The predicted octanol–water partition coefficient (Wildman–Crippen LogP) is 2.82. The summed E-state index contributed by atoms with van der Waals surface area (Å²) in [7, 11) is 0. The molecular formula is C15H27NO3. The van der Waals surface area contributed by atoms with Crippen LogP contribution in [0.3, 0.4) is 0 Å². The first kappa shape index (κ1) is 16.0. The first-order valence-electron chi connectivity index (χ1n) is 7.43. The zero-order chi connectivity index (χ0) is 14.4. The largest absolute Gasteiger partial charge is 0.480 e. The molecular weight excluding hydrogens is 242 g/mol. The van der Waals surface area contributed by atoms with Gasteiger partial charge in [-0.15, -0.1) is 0 Å². The summed E-state index contributed by atoms with van der Waals surface area (Å²) in [5.41, 5.74) is 0. The predicted molar refractivity (Wildman–Crippen MR) is 74.8 cm³/mol. The van der Waals surface area contributed by atoms with Crippen molar-refractivity contribution in [3.8, 4) is 0 Å². The Morgan fingerprint density at radius 2 is 1.79 bits per heavy atom.